The third-order valence-corrected chi connectivity index (χ3v) is 11.8. The molecule has 10 nitrogen and oxygen atoms in total. The maximum absolute atomic E-state index is 15.9. The topological polar surface area (TPSA) is 118 Å². The number of hydrogen-bond donors (Lipinski definition) is 1. The van der Waals surface area contributed by atoms with Crippen molar-refractivity contribution in [2.24, 2.45) is 5.92 Å². The lowest BCUT2D eigenvalue weighted by Crippen LogP contribution is -2.43. The number of pyridine rings is 1. The van der Waals surface area contributed by atoms with Crippen molar-refractivity contribution in [3.05, 3.63) is 63.7 Å². The molecule has 1 aromatic carbocycles. The summed E-state index contributed by atoms with van der Waals surface area (Å²) >= 11 is 0. The summed E-state index contributed by atoms with van der Waals surface area (Å²) in [6.45, 7) is 4.34. The number of alkyl halides is 2. The van der Waals surface area contributed by atoms with Crippen LogP contribution in [0.1, 0.15) is 74.1 Å². The minimum Gasteiger partial charge on any atom is -0.363 e. The number of carbonyl (C=O) groups excluding carboxylic acids is 1. The molecule has 3 aromatic rings. The van der Waals surface area contributed by atoms with Gasteiger partial charge in [-0.3, -0.25) is 14.2 Å². The Balaban J connectivity index is 1.41. The van der Waals surface area contributed by atoms with Crippen molar-refractivity contribution in [1.29, 1.82) is 0 Å². The van der Waals surface area contributed by atoms with E-state index in [4.69, 9.17) is 0 Å². The van der Waals surface area contributed by atoms with Crippen LogP contribution >= 0.6 is 0 Å². The molecule has 7 rings (SSSR count). The summed E-state index contributed by atoms with van der Waals surface area (Å²) in [5, 5.41) is 3.96. The number of likely N-dealkylation sites (N-methyl/N-ethyl adjacent to an activating group) is 1. The van der Waals surface area contributed by atoms with Gasteiger partial charge in [-0.05, 0) is 75.7 Å². The molecule has 4 aliphatic heterocycles. The molecular weight excluding hydrogens is 614 g/mol. The van der Waals surface area contributed by atoms with Crippen LogP contribution in [0.4, 0.5) is 14.6 Å². The zero-order valence-electron chi connectivity index (χ0n) is 26.4. The summed E-state index contributed by atoms with van der Waals surface area (Å²) in [5.41, 5.74) is 1.33. The van der Waals surface area contributed by atoms with E-state index in [2.05, 4.69) is 20.2 Å². The SMILES string of the molecule is C[C@H]1Nc2ncnc3c2cc(C2CCS(=O)(=O)CC2)c(=O)n3CCCC(=O)N(C)CCN2CCC(CC2)C(F)(F)c2cccc1c2. The van der Waals surface area contributed by atoms with Gasteiger partial charge in [0.1, 0.15) is 27.6 Å². The number of sulfone groups is 1. The molecule has 1 N–H and O–H groups in total. The Bertz CT molecular complexity index is 1760. The lowest BCUT2D eigenvalue weighted by atomic mass is 9.85. The monoisotopic (exact) mass is 656 g/mol. The number of nitrogens with one attached hydrogen (secondary N) is 1. The summed E-state index contributed by atoms with van der Waals surface area (Å²) < 4.78 is 57.7. The largest absolute Gasteiger partial charge is 0.363 e. The fraction of sp³-hybridized carbons (Fsp3) is 0.576. The molecule has 1 atom stereocenters. The highest BCUT2D eigenvalue weighted by Gasteiger charge is 2.43. The van der Waals surface area contributed by atoms with Crippen LogP contribution in [-0.2, 0) is 27.1 Å². The van der Waals surface area contributed by atoms with E-state index < -0.39 is 27.7 Å². The number of rotatable bonds is 1. The third-order valence-electron chi connectivity index (χ3n) is 10.1. The number of aromatic nitrogens is 3. The van der Waals surface area contributed by atoms with Gasteiger partial charge in [-0.25, -0.2) is 27.2 Å². The van der Waals surface area contributed by atoms with Crippen LogP contribution in [0.25, 0.3) is 11.0 Å². The average Bonchev–Trinajstić information content (AvgIpc) is 3.04. The lowest BCUT2D eigenvalue weighted by Gasteiger charge is -2.36. The van der Waals surface area contributed by atoms with Crippen LogP contribution in [0.15, 0.2) is 41.5 Å². The predicted octanol–water partition coefficient (Wildman–Crippen LogP) is 4.31. The van der Waals surface area contributed by atoms with E-state index in [1.54, 1.807) is 34.7 Å². The summed E-state index contributed by atoms with van der Waals surface area (Å²) in [6, 6.07) is 7.90. The van der Waals surface area contributed by atoms with Crippen molar-refractivity contribution in [3.8, 4) is 0 Å². The number of amides is 1. The zero-order valence-corrected chi connectivity index (χ0v) is 27.2. The molecule has 4 aliphatic rings. The highest BCUT2D eigenvalue weighted by atomic mass is 32.2. The fourth-order valence-electron chi connectivity index (χ4n) is 7.07. The van der Waals surface area contributed by atoms with Gasteiger partial charge in [0, 0.05) is 56.2 Å². The number of benzene rings is 1. The minimum atomic E-state index is -3.14. The normalized spacial score (nSPS) is 26.0. The van der Waals surface area contributed by atoms with Gasteiger partial charge in [0.25, 0.3) is 11.5 Å². The standard InChI is InChI=1S/C33H42F2N6O4S/c1-22-24-5-3-6-26(19-24)33(34,35)25-8-13-40(14-9-25)16-15-39(2)29(42)7-4-12-41-31-28(30(38-22)36-21-37-31)20-27(32(41)43)23-10-17-46(44,45)18-11-23/h3,5-6,19-23,25H,4,7-18H2,1-2H3,(H,36,37,38)/t22-/m1/s1. The number of anilines is 1. The number of piperidine rings is 1. The highest BCUT2D eigenvalue weighted by Crippen LogP contribution is 2.42. The van der Waals surface area contributed by atoms with E-state index in [1.807, 2.05) is 13.0 Å². The van der Waals surface area contributed by atoms with Crippen LogP contribution in [0.5, 0.6) is 0 Å². The summed E-state index contributed by atoms with van der Waals surface area (Å²) in [6.07, 6.45) is 3.45. The molecule has 6 heterocycles. The first-order chi connectivity index (χ1) is 21.9. The maximum Gasteiger partial charge on any atom is 0.276 e. The van der Waals surface area contributed by atoms with Crippen molar-refractivity contribution in [2.45, 2.75) is 69.9 Å². The smallest absolute Gasteiger partial charge is 0.276 e. The molecule has 0 unspecified atom stereocenters. The first kappa shape index (κ1) is 32.5. The molecule has 1 amide bonds. The molecule has 0 saturated carbocycles. The third kappa shape index (κ3) is 6.67. The van der Waals surface area contributed by atoms with Gasteiger partial charge in [-0.2, -0.15) is 0 Å². The van der Waals surface area contributed by atoms with Crippen LogP contribution in [0.2, 0.25) is 0 Å². The van der Waals surface area contributed by atoms with E-state index in [-0.39, 0.29) is 47.4 Å². The van der Waals surface area contributed by atoms with Crippen molar-refractivity contribution >= 4 is 32.6 Å². The maximum atomic E-state index is 15.9. The van der Waals surface area contributed by atoms with E-state index in [9.17, 15) is 18.0 Å². The van der Waals surface area contributed by atoms with Crippen molar-refractivity contribution in [1.82, 2.24) is 24.3 Å². The molecule has 0 aliphatic carbocycles. The number of fused-ring (bicyclic) bond motifs is 9. The highest BCUT2D eigenvalue weighted by molar-refractivity contribution is 7.91. The average molecular weight is 657 g/mol. The molecule has 46 heavy (non-hydrogen) atoms. The van der Waals surface area contributed by atoms with Gasteiger partial charge in [0.05, 0.1) is 16.9 Å². The van der Waals surface area contributed by atoms with Crippen LogP contribution in [0.3, 0.4) is 0 Å². The van der Waals surface area contributed by atoms with Crippen molar-refractivity contribution in [2.75, 3.05) is 50.0 Å². The Hall–Kier alpha value is -3.45. The van der Waals surface area contributed by atoms with E-state index in [0.717, 1.165) is 0 Å². The second-order valence-electron chi connectivity index (χ2n) is 13.1. The Labute approximate surface area is 268 Å². The van der Waals surface area contributed by atoms with Gasteiger partial charge in [0.2, 0.25) is 5.91 Å². The van der Waals surface area contributed by atoms with Gasteiger partial charge in [-0.1, -0.05) is 18.2 Å². The number of hydrogen-bond acceptors (Lipinski definition) is 8. The van der Waals surface area contributed by atoms with E-state index in [0.29, 0.717) is 86.3 Å². The first-order valence-electron chi connectivity index (χ1n) is 16.2. The Morgan fingerprint density at radius 2 is 1.70 bits per heavy atom. The van der Waals surface area contributed by atoms with Crippen molar-refractivity contribution in [3.63, 3.8) is 0 Å². The quantitative estimate of drug-likeness (QED) is 0.412. The van der Waals surface area contributed by atoms with Crippen LogP contribution < -0.4 is 10.9 Å². The Kier molecular flexibility index (Phi) is 9.17. The molecule has 248 valence electrons. The summed E-state index contributed by atoms with van der Waals surface area (Å²) in [4.78, 5) is 39.8. The molecule has 8 bridgehead atoms. The zero-order chi connectivity index (χ0) is 32.6. The van der Waals surface area contributed by atoms with Gasteiger partial charge in [0.15, 0.2) is 0 Å². The van der Waals surface area contributed by atoms with Gasteiger partial charge < -0.3 is 15.1 Å². The molecule has 2 fully saturated rings. The Morgan fingerprint density at radius 3 is 2.43 bits per heavy atom. The molecule has 2 aromatic heterocycles. The number of carbonyl (C=O) groups is 1. The number of halogens is 2. The second-order valence-corrected chi connectivity index (χ2v) is 15.4. The molecule has 0 spiro atoms. The summed E-state index contributed by atoms with van der Waals surface area (Å²) in [5.74, 6) is -3.58. The van der Waals surface area contributed by atoms with Gasteiger partial charge >= 0.3 is 0 Å². The molecule has 2 saturated heterocycles. The fourth-order valence-corrected chi connectivity index (χ4v) is 8.56. The predicted molar refractivity (Wildman–Crippen MR) is 173 cm³/mol. The number of aryl methyl sites for hydroxylation is 1. The second kappa shape index (κ2) is 13.0. The molecule has 13 heteroatoms. The van der Waals surface area contributed by atoms with Crippen LogP contribution in [0, 0.1) is 5.92 Å². The molecular formula is C33H42F2N6O4S. The number of nitrogens with zero attached hydrogens (tertiary/aromatic N) is 5. The van der Waals surface area contributed by atoms with E-state index >= 15 is 8.78 Å². The van der Waals surface area contributed by atoms with Gasteiger partial charge in [-0.15, -0.1) is 0 Å². The Morgan fingerprint density at radius 1 is 0.957 bits per heavy atom. The van der Waals surface area contributed by atoms with Crippen LogP contribution in [-0.4, -0.2) is 83.4 Å². The first-order valence-corrected chi connectivity index (χ1v) is 18.0. The summed E-state index contributed by atoms with van der Waals surface area (Å²) in [7, 11) is -1.39. The van der Waals surface area contributed by atoms with Crippen molar-refractivity contribution < 1.29 is 22.0 Å². The minimum absolute atomic E-state index is 0.00996. The molecule has 0 radical (unpaired) electrons. The lowest BCUT2D eigenvalue weighted by molar-refractivity contribution is -0.130. The van der Waals surface area contributed by atoms with E-state index in [1.165, 1.54) is 12.4 Å².